The van der Waals surface area contributed by atoms with Crippen LogP contribution in [0.2, 0.25) is 0 Å². The number of benzene rings is 2. The molecule has 1 heterocycles. The number of aryl methyl sites for hydroxylation is 3. The van der Waals surface area contributed by atoms with Gasteiger partial charge in [0.05, 0.1) is 11.1 Å². The first kappa shape index (κ1) is 33.8. The van der Waals surface area contributed by atoms with Crippen molar-refractivity contribution >= 4 is 30.4 Å². The Morgan fingerprint density at radius 3 is 1.94 bits per heavy atom. The largest absolute Gasteiger partial charge is 0.348 e. The van der Waals surface area contributed by atoms with Crippen LogP contribution in [-0.4, -0.2) is 37.6 Å². The number of amides is 1. The molecule has 0 saturated heterocycles. The summed E-state index contributed by atoms with van der Waals surface area (Å²) in [5, 5.41) is 7.10. The first-order valence-corrected chi connectivity index (χ1v) is 11.9. The van der Waals surface area contributed by atoms with Crippen LogP contribution in [0.25, 0.3) is 10.9 Å². The van der Waals surface area contributed by atoms with Crippen LogP contribution in [0.5, 0.6) is 0 Å². The molecule has 0 aliphatic carbocycles. The van der Waals surface area contributed by atoms with Gasteiger partial charge in [0, 0.05) is 17.6 Å². The summed E-state index contributed by atoms with van der Waals surface area (Å²) in [7, 11) is 0. The van der Waals surface area contributed by atoms with Gasteiger partial charge in [-0.3, -0.25) is 9.78 Å². The highest BCUT2D eigenvalue weighted by Gasteiger charge is 2.12. The van der Waals surface area contributed by atoms with Gasteiger partial charge in [-0.1, -0.05) is 69.2 Å². The van der Waals surface area contributed by atoms with Crippen LogP contribution in [0.4, 0.5) is 0 Å². The number of nitrogens with one attached hydrogen (secondary N) is 2. The number of aromatic nitrogens is 1. The number of pyridine rings is 1. The molecule has 192 valence electrons. The standard InChI is InChI=1S/C20H20N2O.C5H13N.C2H6.2CH2O/c1-13-4-7-16(8-5-13)12-21-20(23)18-11-15(3)22-19-9-6-14(2)10-17(18)19;1-3-5-6-4-2;3*1-2/h4-11H,12H2,1-3H3,(H,21,23);6H,3-5H2,1-2H3;1-2H3;2*1H2. The minimum atomic E-state index is -0.0633. The normalized spacial score (nSPS) is 9.00. The van der Waals surface area contributed by atoms with Gasteiger partial charge in [0.15, 0.2) is 0 Å². The molecule has 0 aliphatic rings. The molecule has 3 rings (SSSR count). The summed E-state index contributed by atoms with van der Waals surface area (Å²) in [6.07, 6.45) is 1.24. The fourth-order valence-corrected chi connectivity index (χ4v) is 3.00. The zero-order valence-corrected chi connectivity index (χ0v) is 22.5. The smallest absolute Gasteiger partial charge is 0.252 e. The molecule has 6 nitrogen and oxygen atoms in total. The maximum atomic E-state index is 12.6. The molecule has 1 amide bonds. The molecule has 2 aromatic carbocycles. The van der Waals surface area contributed by atoms with Gasteiger partial charge in [-0.05, 0) is 64.0 Å². The maximum absolute atomic E-state index is 12.6. The Labute approximate surface area is 211 Å². The average molecular weight is 482 g/mol. The van der Waals surface area contributed by atoms with Crippen molar-refractivity contribution in [2.75, 3.05) is 13.1 Å². The lowest BCUT2D eigenvalue weighted by molar-refractivity contribution is -0.0987. The van der Waals surface area contributed by atoms with Crippen LogP contribution in [0.15, 0.2) is 48.5 Å². The van der Waals surface area contributed by atoms with Crippen molar-refractivity contribution in [2.24, 2.45) is 0 Å². The second-order valence-electron chi connectivity index (χ2n) is 7.35. The molecule has 0 radical (unpaired) electrons. The summed E-state index contributed by atoms with van der Waals surface area (Å²) in [4.78, 5) is 33.1. The Morgan fingerprint density at radius 1 is 0.857 bits per heavy atom. The lowest BCUT2D eigenvalue weighted by Gasteiger charge is -2.10. The van der Waals surface area contributed by atoms with Crippen LogP contribution in [0.1, 0.15) is 66.9 Å². The van der Waals surface area contributed by atoms with E-state index in [1.807, 2.05) is 77.7 Å². The highest BCUT2D eigenvalue weighted by atomic mass is 16.1. The number of fused-ring (bicyclic) bond motifs is 1. The summed E-state index contributed by atoms with van der Waals surface area (Å²) >= 11 is 0. The zero-order valence-electron chi connectivity index (χ0n) is 22.5. The minimum Gasteiger partial charge on any atom is -0.348 e. The van der Waals surface area contributed by atoms with Crippen molar-refractivity contribution < 1.29 is 14.4 Å². The second-order valence-corrected chi connectivity index (χ2v) is 7.35. The summed E-state index contributed by atoms with van der Waals surface area (Å²) in [6.45, 7) is 21.1. The molecular formula is C29H43N3O3. The van der Waals surface area contributed by atoms with Gasteiger partial charge in [0.1, 0.15) is 13.6 Å². The van der Waals surface area contributed by atoms with Crippen molar-refractivity contribution in [1.29, 1.82) is 0 Å². The van der Waals surface area contributed by atoms with Crippen molar-refractivity contribution in [2.45, 2.75) is 61.4 Å². The van der Waals surface area contributed by atoms with Gasteiger partial charge in [0.25, 0.3) is 5.91 Å². The predicted octanol–water partition coefficient (Wildman–Crippen LogP) is 5.75. The molecule has 35 heavy (non-hydrogen) atoms. The summed E-state index contributed by atoms with van der Waals surface area (Å²) in [5.41, 5.74) is 5.82. The summed E-state index contributed by atoms with van der Waals surface area (Å²) in [6, 6.07) is 16.0. The van der Waals surface area contributed by atoms with E-state index in [1.165, 1.54) is 12.0 Å². The number of carbonyl (C=O) groups excluding carboxylic acids is 3. The second kappa shape index (κ2) is 21.2. The molecule has 0 saturated carbocycles. The van der Waals surface area contributed by atoms with Crippen LogP contribution in [0.3, 0.4) is 0 Å². The Balaban J connectivity index is 0. The van der Waals surface area contributed by atoms with Gasteiger partial charge >= 0.3 is 0 Å². The van der Waals surface area contributed by atoms with E-state index in [0.29, 0.717) is 12.1 Å². The molecule has 3 aromatic rings. The van der Waals surface area contributed by atoms with Crippen molar-refractivity contribution in [3.05, 3.63) is 76.5 Å². The SMILES string of the molecule is C=O.C=O.CC.CCCNCC.Cc1ccc(CNC(=O)c2cc(C)nc3ccc(C)cc23)cc1. The van der Waals surface area contributed by atoms with Gasteiger partial charge in [-0.2, -0.15) is 0 Å². The Morgan fingerprint density at radius 2 is 1.43 bits per heavy atom. The predicted molar refractivity (Wildman–Crippen MR) is 148 cm³/mol. The van der Waals surface area contributed by atoms with E-state index < -0.39 is 0 Å². The maximum Gasteiger partial charge on any atom is 0.252 e. The molecule has 2 N–H and O–H groups in total. The molecule has 6 heteroatoms. The van der Waals surface area contributed by atoms with Crippen LogP contribution < -0.4 is 10.6 Å². The molecular weight excluding hydrogens is 438 g/mol. The summed E-state index contributed by atoms with van der Waals surface area (Å²) in [5.74, 6) is -0.0633. The van der Waals surface area contributed by atoms with E-state index in [9.17, 15) is 4.79 Å². The molecule has 1 aromatic heterocycles. The van der Waals surface area contributed by atoms with Gasteiger partial charge in [-0.25, -0.2) is 0 Å². The highest BCUT2D eigenvalue weighted by molar-refractivity contribution is 6.06. The summed E-state index contributed by atoms with van der Waals surface area (Å²) < 4.78 is 0. The first-order chi connectivity index (χ1) is 16.9. The molecule has 0 fully saturated rings. The lowest BCUT2D eigenvalue weighted by atomic mass is 10.0. The van der Waals surface area contributed by atoms with E-state index in [2.05, 4.69) is 48.5 Å². The average Bonchev–Trinajstić information content (AvgIpc) is 2.90. The van der Waals surface area contributed by atoms with Crippen molar-refractivity contribution in [1.82, 2.24) is 15.6 Å². The third-order valence-electron chi connectivity index (χ3n) is 4.59. The molecule has 0 spiro atoms. The fraction of sp³-hybridized carbons (Fsp3) is 0.379. The zero-order chi connectivity index (χ0) is 27.2. The van der Waals surface area contributed by atoms with Crippen LogP contribution in [0, 0.1) is 20.8 Å². The van der Waals surface area contributed by atoms with Gasteiger partial charge < -0.3 is 20.2 Å². The highest BCUT2D eigenvalue weighted by Crippen LogP contribution is 2.20. The monoisotopic (exact) mass is 481 g/mol. The van der Waals surface area contributed by atoms with E-state index in [-0.39, 0.29) is 5.91 Å². The molecule has 0 bridgehead atoms. The number of rotatable bonds is 6. The third kappa shape index (κ3) is 13.2. The van der Waals surface area contributed by atoms with Crippen molar-refractivity contribution in [3.63, 3.8) is 0 Å². The Kier molecular flexibility index (Phi) is 20.4. The Bertz CT molecular complexity index is 967. The third-order valence-corrected chi connectivity index (χ3v) is 4.59. The fourth-order valence-electron chi connectivity index (χ4n) is 3.00. The van der Waals surface area contributed by atoms with Crippen LogP contribution in [-0.2, 0) is 16.1 Å². The number of hydrogen-bond acceptors (Lipinski definition) is 5. The number of carbonyl (C=O) groups is 3. The lowest BCUT2D eigenvalue weighted by Crippen LogP contribution is -2.23. The molecule has 0 aliphatic heterocycles. The van der Waals surface area contributed by atoms with E-state index in [0.717, 1.165) is 40.8 Å². The first-order valence-electron chi connectivity index (χ1n) is 11.9. The van der Waals surface area contributed by atoms with Gasteiger partial charge in [0.2, 0.25) is 0 Å². The number of nitrogens with zero attached hydrogens (tertiary/aromatic N) is 1. The minimum absolute atomic E-state index is 0.0633. The van der Waals surface area contributed by atoms with E-state index >= 15 is 0 Å². The number of hydrogen-bond donors (Lipinski definition) is 2. The quantitative estimate of drug-likeness (QED) is 0.438. The van der Waals surface area contributed by atoms with Crippen molar-refractivity contribution in [3.8, 4) is 0 Å². The molecule has 0 unspecified atom stereocenters. The topological polar surface area (TPSA) is 88.2 Å². The van der Waals surface area contributed by atoms with Gasteiger partial charge in [-0.15, -0.1) is 0 Å². The Hall–Kier alpha value is -3.38. The molecule has 0 atom stereocenters. The van der Waals surface area contributed by atoms with E-state index in [4.69, 9.17) is 9.59 Å². The van der Waals surface area contributed by atoms with Crippen LogP contribution >= 0.6 is 0 Å². The van der Waals surface area contributed by atoms with E-state index in [1.54, 1.807) is 0 Å².